The predicted octanol–water partition coefficient (Wildman–Crippen LogP) is 2.65. The van der Waals surface area contributed by atoms with Crippen LogP contribution in [0.25, 0.3) is 0 Å². The standard InChI is InChI=1S/C18H18ClN3O3/c1-11-3-6-14(7-4-11)21-18(25)17(24)20-10-16(23)22-15-8-5-13(19)9-12(15)2/h3-9H,10H2,1-2H3,(H,20,24)(H,21,25)(H,22,23). The van der Waals surface area contributed by atoms with Gasteiger partial charge in [0.25, 0.3) is 0 Å². The molecule has 0 saturated carbocycles. The Hall–Kier alpha value is -2.86. The summed E-state index contributed by atoms with van der Waals surface area (Å²) in [4.78, 5) is 35.4. The Morgan fingerprint density at radius 3 is 2.24 bits per heavy atom. The van der Waals surface area contributed by atoms with E-state index in [1.54, 1.807) is 37.3 Å². The molecule has 7 heteroatoms. The first-order valence-corrected chi connectivity index (χ1v) is 7.95. The first-order chi connectivity index (χ1) is 11.8. The molecule has 0 unspecified atom stereocenters. The summed E-state index contributed by atoms with van der Waals surface area (Å²) >= 11 is 5.85. The van der Waals surface area contributed by atoms with E-state index in [0.717, 1.165) is 11.1 Å². The van der Waals surface area contributed by atoms with Gasteiger partial charge in [-0.3, -0.25) is 14.4 Å². The molecule has 130 valence electrons. The minimum absolute atomic E-state index is 0.317. The topological polar surface area (TPSA) is 87.3 Å². The van der Waals surface area contributed by atoms with Crippen LogP contribution < -0.4 is 16.0 Å². The molecule has 3 amide bonds. The van der Waals surface area contributed by atoms with Crippen molar-refractivity contribution in [3.8, 4) is 0 Å². The van der Waals surface area contributed by atoms with Crippen LogP contribution in [0.3, 0.4) is 0 Å². The molecule has 2 rings (SSSR count). The fraction of sp³-hybridized carbons (Fsp3) is 0.167. The summed E-state index contributed by atoms with van der Waals surface area (Å²) in [6.07, 6.45) is 0. The minimum Gasteiger partial charge on any atom is -0.339 e. The molecule has 2 aromatic rings. The Morgan fingerprint density at radius 2 is 1.60 bits per heavy atom. The van der Waals surface area contributed by atoms with Crippen molar-refractivity contribution in [1.82, 2.24) is 5.32 Å². The first kappa shape index (κ1) is 18.5. The molecular formula is C18H18ClN3O3. The molecule has 0 aliphatic rings. The molecule has 6 nitrogen and oxygen atoms in total. The highest BCUT2D eigenvalue weighted by Gasteiger charge is 2.15. The average molecular weight is 360 g/mol. The van der Waals surface area contributed by atoms with E-state index < -0.39 is 17.7 Å². The monoisotopic (exact) mass is 359 g/mol. The Kier molecular flexibility index (Phi) is 6.14. The van der Waals surface area contributed by atoms with Gasteiger partial charge in [0.05, 0.1) is 6.54 Å². The van der Waals surface area contributed by atoms with Crippen LogP contribution in [0.2, 0.25) is 5.02 Å². The van der Waals surface area contributed by atoms with Crippen molar-refractivity contribution in [1.29, 1.82) is 0 Å². The number of rotatable bonds is 4. The van der Waals surface area contributed by atoms with Gasteiger partial charge in [-0.2, -0.15) is 0 Å². The lowest BCUT2D eigenvalue weighted by molar-refractivity contribution is -0.136. The minimum atomic E-state index is -0.886. The third-order valence-corrected chi connectivity index (χ3v) is 3.62. The van der Waals surface area contributed by atoms with Crippen LogP contribution >= 0.6 is 11.6 Å². The number of amides is 3. The zero-order valence-corrected chi connectivity index (χ0v) is 14.6. The van der Waals surface area contributed by atoms with E-state index in [2.05, 4.69) is 16.0 Å². The number of nitrogens with one attached hydrogen (secondary N) is 3. The number of hydrogen-bond donors (Lipinski definition) is 3. The summed E-state index contributed by atoms with van der Waals surface area (Å²) in [6.45, 7) is 3.40. The summed E-state index contributed by atoms with van der Waals surface area (Å²) in [5.74, 6) is -2.16. The number of halogens is 1. The molecule has 0 bridgehead atoms. The van der Waals surface area contributed by atoms with Gasteiger partial charge < -0.3 is 16.0 Å². The Balaban J connectivity index is 1.83. The summed E-state index contributed by atoms with van der Waals surface area (Å²) in [5, 5.41) is 7.95. The zero-order valence-electron chi connectivity index (χ0n) is 13.9. The smallest absolute Gasteiger partial charge is 0.313 e. The normalized spacial score (nSPS) is 10.0. The van der Waals surface area contributed by atoms with Crippen LogP contribution in [-0.2, 0) is 14.4 Å². The van der Waals surface area contributed by atoms with Crippen LogP contribution in [-0.4, -0.2) is 24.3 Å². The summed E-state index contributed by atoms with van der Waals surface area (Å²) in [5.41, 5.74) is 2.93. The van der Waals surface area contributed by atoms with Crippen molar-refractivity contribution in [2.24, 2.45) is 0 Å². The van der Waals surface area contributed by atoms with Gasteiger partial charge in [0, 0.05) is 16.4 Å². The predicted molar refractivity (Wildman–Crippen MR) is 97.6 cm³/mol. The second kappa shape index (κ2) is 8.30. The lowest BCUT2D eigenvalue weighted by atomic mass is 10.2. The van der Waals surface area contributed by atoms with E-state index in [4.69, 9.17) is 11.6 Å². The van der Waals surface area contributed by atoms with Gasteiger partial charge in [-0.05, 0) is 49.7 Å². The van der Waals surface area contributed by atoms with Crippen molar-refractivity contribution in [2.45, 2.75) is 13.8 Å². The van der Waals surface area contributed by atoms with Gasteiger partial charge in [-0.25, -0.2) is 0 Å². The SMILES string of the molecule is Cc1ccc(NC(=O)C(=O)NCC(=O)Nc2ccc(Cl)cc2C)cc1. The van der Waals surface area contributed by atoms with Crippen LogP contribution in [0.4, 0.5) is 11.4 Å². The van der Waals surface area contributed by atoms with Gasteiger partial charge in [0.2, 0.25) is 5.91 Å². The summed E-state index contributed by atoms with van der Waals surface area (Å²) in [7, 11) is 0. The lowest BCUT2D eigenvalue weighted by Gasteiger charge is -2.10. The number of hydrogen-bond acceptors (Lipinski definition) is 3. The van der Waals surface area contributed by atoms with Gasteiger partial charge in [-0.15, -0.1) is 0 Å². The number of benzene rings is 2. The van der Waals surface area contributed by atoms with E-state index >= 15 is 0 Å². The average Bonchev–Trinajstić information content (AvgIpc) is 2.57. The van der Waals surface area contributed by atoms with E-state index in [0.29, 0.717) is 16.4 Å². The lowest BCUT2D eigenvalue weighted by Crippen LogP contribution is -2.39. The molecule has 3 N–H and O–H groups in total. The quantitative estimate of drug-likeness (QED) is 0.733. The van der Waals surface area contributed by atoms with Crippen LogP contribution in [0.1, 0.15) is 11.1 Å². The second-order valence-electron chi connectivity index (χ2n) is 5.51. The molecule has 0 fully saturated rings. The Bertz CT molecular complexity index is 804. The molecule has 0 heterocycles. The van der Waals surface area contributed by atoms with Crippen LogP contribution in [0, 0.1) is 13.8 Å². The highest BCUT2D eigenvalue weighted by molar-refractivity contribution is 6.40. The van der Waals surface area contributed by atoms with Crippen LogP contribution in [0.15, 0.2) is 42.5 Å². The fourth-order valence-corrected chi connectivity index (χ4v) is 2.25. The molecule has 2 aromatic carbocycles. The van der Waals surface area contributed by atoms with E-state index in [1.807, 2.05) is 19.1 Å². The van der Waals surface area contributed by atoms with Crippen LogP contribution in [0.5, 0.6) is 0 Å². The van der Waals surface area contributed by atoms with Gasteiger partial charge in [0.15, 0.2) is 0 Å². The molecule has 0 spiro atoms. The molecule has 0 saturated heterocycles. The maximum Gasteiger partial charge on any atom is 0.313 e. The zero-order chi connectivity index (χ0) is 18.4. The summed E-state index contributed by atoms with van der Waals surface area (Å²) in [6, 6.07) is 12.0. The van der Waals surface area contributed by atoms with Crippen molar-refractivity contribution in [3.63, 3.8) is 0 Å². The van der Waals surface area contributed by atoms with Gasteiger partial charge >= 0.3 is 11.8 Å². The number of anilines is 2. The van der Waals surface area contributed by atoms with Crippen molar-refractivity contribution in [2.75, 3.05) is 17.2 Å². The number of carbonyl (C=O) groups is 3. The fourth-order valence-electron chi connectivity index (χ4n) is 2.03. The summed E-state index contributed by atoms with van der Waals surface area (Å²) < 4.78 is 0. The third-order valence-electron chi connectivity index (χ3n) is 3.39. The van der Waals surface area contributed by atoms with Gasteiger partial charge in [0.1, 0.15) is 0 Å². The molecule has 25 heavy (non-hydrogen) atoms. The maximum atomic E-state index is 11.9. The largest absolute Gasteiger partial charge is 0.339 e. The highest BCUT2D eigenvalue weighted by atomic mass is 35.5. The van der Waals surface area contributed by atoms with Crippen molar-refractivity contribution < 1.29 is 14.4 Å². The van der Waals surface area contributed by atoms with Gasteiger partial charge in [-0.1, -0.05) is 29.3 Å². The Morgan fingerprint density at radius 1 is 0.920 bits per heavy atom. The highest BCUT2D eigenvalue weighted by Crippen LogP contribution is 2.19. The van der Waals surface area contributed by atoms with Crippen molar-refractivity contribution >= 4 is 40.7 Å². The maximum absolute atomic E-state index is 11.9. The molecule has 0 aliphatic carbocycles. The molecule has 0 aliphatic heterocycles. The molecular weight excluding hydrogens is 342 g/mol. The third kappa shape index (κ3) is 5.61. The molecule has 0 atom stereocenters. The number of carbonyl (C=O) groups excluding carboxylic acids is 3. The van der Waals surface area contributed by atoms with Crippen molar-refractivity contribution in [3.05, 3.63) is 58.6 Å². The Labute approximate surface area is 150 Å². The molecule has 0 aromatic heterocycles. The second-order valence-corrected chi connectivity index (χ2v) is 5.95. The number of aryl methyl sites for hydroxylation is 2. The van der Waals surface area contributed by atoms with E-state index in [1.165, 1.54) is 0 Å². The molecule has 0 radical (unpaired) electrons. The van der Waals surface area contributed by atoms with E-state index in [9.17, 15) is 14.4 Å². The van der Waals surface area contributed by atoms with E-state index in [-0.39, 0.29) is 6.54 Å². The first-order valence-electron chi connectivity index (χ1n) is 7.57.